The molecule has 116 valence electrons. The second kappa shape index (κ2) is 4.85. The van der Waals surface area contributed by atoms with Crippen molar-refractivity contribution in [1.29, 1.82) is 0 Å². The van der Waals surface area contributed by atoms with E-state index in [1.165, 1.54) is 12.8 Å². The molecule has 2 aliphatic carbocycles. The van der Waals surface area contributed by atoms with Gasteiger partial charge in [-0.25, -0.2) is 4.79 Å². The Morgan fingerprint density at radius 1 is 1.29 bits per heavy atom. The largest absolute Gasteiger partial charge is 0.444 e. The van der Waals surface area contributed by atoms with E-state index < -0.39 is 5.60 Å². The lowest BCUT2D eigenvalue weighted by Crippen LogP contribution is -2.47. The fraction of sp³-hybridized carbons (Fsp3) is 0.765. The van der Waals surface area contributed by atoms with E-state index in [0.29, 0.717) is 24.8 Å². The van der Waals surface area contributed by atoms with Gasteiger partial charge in [-0.3, -0.25) is 4.79 Å². The Balaban J connectivity index is 1.58. The van der Waals surface area contributed by atoms with E-state index in [9.17, 15) is 9.59 Å². The van der Waals surface area contributed by atoms with Crippen molar-refractivity contribution in [1.82, 2.24) is 4.90 Å². The van der Waals surface area contributed by atoms with Gasteiger partial charge >= 0.3 is 6.09 Å². The molecule has 0 unspecified atom stereocenters. The summed E-state index contributed by atoms with van der Waals surface area (Å²) in [6.07, 6.45) is 6.70. The van der Waals surface area contributed by atoms with Crippen LogP contribution in [0, 0.1) is 11.3 Å². The molecule has 4 heteroatoms. The molecular formula is C17H25NO3. The molecule has 3 rings (SSSR count). The quantitative estimate of drug-likeness (QED) is 0.744. The normalized spacial score (nSPS) is 25.2. The summed E-state index contributed by atoms with van der Waals surface area (Å²) in [5, 5.41) is 0. The van der Waals surface area contributed by atoms with Crippen molar-refractivity contribution in [2.45, 2.75) is 58.5 Å². The molecular weight excluding hydrogens is 266 g/mol. The van der Waals surface area contributed by atoms with Crippen LogP contribution in [0.1, 0.15) is 52.9 Å². The number of hydrogen-bond donors (Lipinski definition) is 0. The molecule has 1 spiro atoms. The third-order valence-corrected chi connectivity index (χ3v) is 4.85. The van der Waals surface area contributed by atoms with Gasteiger partial charge in [0.1, 0.15) is 5.60 Å². The number of piperidine rings is 1. The van der Waals surface area contributed by atoms with Crippen molar-refractivity contribution in [3.05, 3.63) is 11.6 Å². The third-order valence-electron chi connectivity index (χ3n) is 4.85. The molecule has 0 aromatic carbocycles. The fourth-order valence-electron chi connectivity index (χ4n) is 3.42. The van der Waals surface area contributed by atoms with Gasteiger partial charge in [0.2, 0.25) is 0 Å². The van der Waals surface area contributed by atoms with Crippen LogP contribution in [-0.4, -0.2) is 35.5 Å². The van der Waals surface area contributed by atoms with Crippen LogP contribution < -0.4 is 0 Å². The first-order valence-corrected chi connectivity index (χ1v) is 8.04. The summed E-state index contributed by atoms with van der Waals surface area (Å²) in [5.74, 6) is 0.912. The second-order valence-corrected chi connectivity index (χ2v) is 7.71. The molecule has 3 aliphatic rings. The summed E-state index contributed by atoms with van der Waals surface area (Å²) < 4.78 is 5.41. The van der Waals surface area contributed by atoms with Gasteiger partial charge in [-0.15, -0.1) is 0 Å². The van der Waals surface area contributed by atoms with Gasteiger partial charge in [0.15, 0.2) is 5.78 Å². The monoisotopic (exact) mass is 291 g/mol. The Bertz CT molecular complexity index is 489. The topological polar surface area (TPSA) is 46.6 Å². The lowest BCUT2D eigenvalue weighted by atomic mass is 9.74. The highest BCUT2D eigenvalue weighted by Crippen LogP contribution is 2.49. The van der Waals surface area contributed by atoms with Crippen molar-refractivity contribution < 1.29 is 14.3 Å². The number of allylic oxidation sites excluding steroid dienone is 2. The first-order chi connectivity index (χ1) is 9.81. The molecule has 0 bridgehead atoms. The first kappa shape index (κ1) is 14.6. The predicted octanol–water partition coefficient (Wildman–Crippen LogP) is 3.31. The van der Waals surface area contributed by atoms with Crippen molar-refractivity contribution in [3.8, 4) is 0 Å². The van der Waals surface area contributed by atoms with E-state index in [1.807, 2.05) is 20.8 Å². The van der Waals surface area contributed by atoms with E-state index in [-0.39, 0.29) is 11.5 Å². The zero-order chi connectivity index (χ0) is 15.3. The zero-order valence-corrected chi connectivity index (χ0v) is 13.3. The van der Waals surface area contributed by atoms with E-state index in [1.54, 1.807) is 4.90 Å². The molecule has 0 N–H and O–H groups in total. The number of Topliss-reactive ketones (excluding diaryl/α,β-unsaturated/α-hetero) is 1. The van der Waals surface area contributed by atoms with Gasteiger partial charge in [0.25, 0.3) is 0 Å². The average molecular weight is 291 g/mol. The molecule has 1 amide bonds. The van der Waals surface area contributed by atoms with Crippen LogP contribution in [0.4, 0.5) is 4.79 Å². The SMILES string of the molecule is CC(C)(C)OC(=O)N1CCC2(CC=C(C3CC3)C2=O)CC1. The van der Waals surface area contributed by atoms with E-state index in [2.05, 4.69) is 6.08 Å². The van der Waals surface area contributed by atoms with Gasteiger partial charge < -0.3 is 9.64 Å². The van der Waals surface area contributed by atoms with Crippen LogP contribution in [0.2, 0.25) is 0 Å². The maximum atomic E-state index is 12.7. The van der Waals surface area contributed by atoms with Gasteiger partial charge in [-0.1, -0.05) is 6.08 Å². The molecule has 2 fully saturated rings. The standard InChI is InChI=1S/C17H25NO3/c1-16(2,3)21-15(20)18-10-8-17(9-11-18)7-6-13(14(17)19)12-4-5-12/h6,12H,4-5,7-11H2,1-3H3. The number of nitrogens with zero attached hydrogens (tertiary/aromatic N) is 1. The van der Waals surface area contributed by atoms with Crippen LogP contribution in [-0.2, 0) is 9.53 Å². The van der Waals surface area contributed by atoms with Crippen molar-refractivity contribution in [3.63, 3.8) is 0 Å². The predicted molar refractivity (Wildman–Crippen MR) is 79.9 cm³/mol. The van der Waals surface area contributed by atoms with E-state index in [4.69, 9.17) is 4.74 Å². The van der Waals surface area contributed by atoms with Crippen molar-refractivity contribution in [2.24, 2.45) is 11.3 Å². The number of ether oxygens (including phenoxy) is 1. The van der Waals surface area contributed by atoms with Gasteiger partial charge in [0, 0.05) is 18.5 Å². The summed E-state index contributed by atoms with van der Waals surface area (Å²) >= 11 is 0. The highest BCUT2D eigenvalue weighted by atomic mass is 16.6. The number of rotatable bonds is 1. The number of hydrogen-bond acceptors (Lipinski definition) is 3. The molecule has 0 aromatic heterocycles. The summed E-state index contributed by atoms with van der Waals surface area (Å²) in [6, 6.07) is 0. The molecule has 1 saturated heterocycles. The Morgan fingerprint density at radius 2 is 1.90 bits per heavy atom. The van der Waals surface area contributed by atoms with E-state index in [0.717, 1.165) is 24.8 Å². The maximum Gasteiger partial charge on any atom is 0.410 e. The molecule has 0 aromatic rings. The van der Waals surface area contributed by atoms with Gasteiger partial charge in [0.05, 0.1) is 0 Å². The second-order valence-electron chi connectivity index (χ2n) is 7.71. The molecule has 4 nitrogen and oxygen atoms in total. The van der Waals surface area contributed by atoms with Crippen LogP contribution in [0.5, 0.6) is 0 Å². The highest BCUT2D eigenvalue weighted by molar-refractivity contribution is 6.03. The molecule has 1 aliphatic heterocycles. The first-order valence-electron chi connectivity index (χ1n) is 8.04. The van der Waals surface area contributed by atoms with Crippen molar-refractivity contribution >= 4 is 11.9 Å². The Morgan fingerprint density at radius 3 is 2.43 bits per heavy atom. The zero-order valence-electron chi connectivity index (χ0n) is 13.3. The molecule has 21 heavy (non-hydrogen) atoms. The third kappa shape index (κ3) is 2.85. The highest BCUT2D eigenvalue weighted by Gasteiger charge is 2.49. The summed E-state index contributed by atoms with van der Waals surface area (Å²) in [5.41, 5.74) is 0.410. The minimum absolute atomic E-state index is 0.212. The number of carbonyl (C=O) groups excluding carboxylic acids is 2. The Kier molecular flexibility index (Phi) is 3.38. The molecule has 0 radical (unpaired) electrons. The molecule has 1 saturated carbocycles. The van der Waals surface area contributed by atoms with Gasteiger partial charge in [-0.05, 0) is 64.4 Å². The Hall–Kier alpha value is -1.32. The van der Waals surface area contributed by atoms with Crippen LogP contribution in [0.15, 0.2) is 11.6 Å². The lowest BCUT2D eigenvalue weighted by Gasteiger charge is -2.38. The van der Waals surface area contributed by atoms with Crippen molar-refractivity contribution in [2.75, 3.05) is 13.1 Å². The minimum Gasteiger partial charge on any atom is -0.444 e. The maximum absolute atomic E-state index is 12.7. The van der Waals surface area contributed by atoms with Crippen LogP contribution in [0.25, 0.3) is 0 Å². The average Bonchev–Trinajstić information content (AvgIpc) is 3.18. The molecule has 1 heterocycles. The van der Waals surface area contributed by atoms with Gasteiger partial charge in [-0.2, -0.15) is 0 Å². The Labute approximate surface area is 126 Å². The van der Waals surface area contributed by atoms with Crippen LogP contribution in [0.3, 0.4) is 0 Å². The smallest absolute Gasteiger partial charge is 0.410 e. The van der Waals surface area contributed by atoms with E-state index >= 15 is 0 Å². The number of ketones is 1. The number of carbonyl (C=O) groups is 2. The molecule has 0 atom stereocenters. The lowest BCUT2D eigenvalue weighted by molar-refractivity contribution is -0.126. The summed E-state index contributed by atoms with van der Waals surface area (Å²) in [6.45, 7) is 6.90. The van der Waals surface area contributed by atoms with Crippen LogP contribution >= 0.6 is 0 Å². The number of amides is 1. The number of likely N-dealkylation sites (tertiary alicyclic amines) is 1. The fourth-order valence-corrected chi connectivity index (χ4v) is 3.42. The summed E-state index contributed by atoms with van der Waals surface area (Å²) in [7, 11) is 0. The minimum atomic E-state index is -0.462. The summed E-state index contributed by atoms with van der Waals surface area (Å²) in [4.78, 5) is 26.5.